The quantitative estimate of drug-likeness (QED) is 0.689. The molecule has 3 aromatic rings. The lowest BCUT2D eigenvalue weighted by atomic mass is 10.1. The van der Waals surface area contributed by atoms with Crippen LogP contribution in [0.2, 0.25) is 0 Å². The molecule has 2 aromatic heterocycles. The highest BCUT2D eigenvalue weighted by Gasteiger charge is 2.14. The van der Waals surface area contributed by atoms with E-state index in [1.165, 1.54) is 14.3 Å². The first-order valence-corrected chi connectivity index (χ1v) is 8.82. The number of ether oxygens (including phenoxy) is 1. The Bertz CT molecular complexity index is 706. The van der Waals surface area contributed by atoms with Gasteiger partial charge in [-0.3, -0.25) is 0 Å². The molecule has 20 heavy (non-hydrogen) atoms. The van der Waals surface area contributed by atoms with Gasteiger partial charge in [0.15, 0.2) is 0 Å². The summed E-state index contributed by atoms with van der Waals surface area (Å²) in [6.45, 7) is 2.63. The molecule has 0 saturated carbocycles. The van der Waals surface area contributed by atoms with Gasteiger partial charge in [0.25, 0.3) is 0 Å². The largest absolute Gasteiger partial charge is 0.493 e. The van der Waals surface area contributed by atoms with Crippen molar-refractivity contribution < 1.29 is 4.74 Å². The monoisotopic (exact) mass is 367 g/mol. The van der Waals surface area contributed by atoms with Crippen molar-refractivity contribution >= 4 is 48.0 Å². The second-order valence-corrected chi connectivity index (χ2v) is 7.32. The van der Waals surface area contributed by atoms with E-state index in [-0.39, 0.29) is 6.04 Å². The van der Waals surface area contributed by atoms with Gasteiger partial charge in [0.2, 0.25) is 0 Å². The zero-order valence-electron chi connectivity index (χ0n) is 10.9. The first kappa shape index (κ1) is 14.1. The van der Waals surface area contributed by atoms with E-state index in [0.29, 0.717) is 6.61 Å². The first-order chi connectivity index (χ1) is 9.69. The minimum absolute atomic E-state index is 0.0911. The highest BCUT2D eigenvalue weighted by atomic mass is 79.9. The van der Waals surface area contributed by atoms with Crippen molar-refractivity contribution in [3.05, 3.63) is 50.6 Å². The molecule has 0 radical (unpaired) electrons. The van der Waals surface area contributed by atoms with Gasteiger partial charge >= 0.3 is 0 Å². The zero-order valence-corrected chi connectivity index (χ0v) is 14.1. The van der Waals surface area contributed by atoms with Gasteiger partial charge in [-0.05, 0) is 58.1 Å². The Morgan fingerprint density at radius 3 is 2.80 bits per heavy atom. The van der Waals surface area contributed by atoms with Gasteiger partial charge in [-0.15, -0.1) is 22.7 Å². The number of hydrogen-bond donors (Lipinski definition) is 1. The van der Waals surface area contributed by atoms with Crippen molar-refractivity contribution in [3.8, 4) is 5.75 Å². The van der Waals surface area contributed by atoms with Crippen LogP contribution in [0.15, 0.2) is 40.2 Å². The molecule has 0 spiro atoms. The molecular formula is C15H14BrNOS2. The Labute approximate surface area is 134 Å². The number of thiophene rings is 2. The first-order valence-electron chi connectivity index (χ1n) is 6.34. The molecule has 2 nitrogen and oxygen atoms in total. The van der Waals surface area contributed by atoms with Gasteiger partial charge in [0.1, 0.15) is 5.75 Å². The number of nitrogens with two attached hydrogens (primary N) is 1. The van der Waals surface area contributed by atoms with Crippen molar-refractivity contribution in [1.82, 2.24) is 0 Å². The van der Waals surface area contributed by atoms with Crippen LogP contribution in [-0.4, -0.2) is 6.61 Å². The second-order valence-electron chi connectivity index (χ2n) is 4.40. The van der Waals surface area contributed by atoms with Crippen molar-refractivity contribution in [3.63, 3.8) is 0 Å². The Kier molecular flexibility index (Phi) is 4.12. The van der Waals surface area contributed by atoms with E-state index in [2.05, 4.69) is 33.4 Å². The fraction of sp³-hybridized carbons (Fsp3) is 0.200. The zero-order chi connectivity index (χ0) is 14.1. The highest BCUT2D eigenvalue weighted by molar-refractivity contribution is 9.10. The number of hydrogen-bond acceptors (Lipinski definition) is 4. The molecule has 3 rings (SSSR count). The predicted octanol–water partition coefficient (Wildman–Crippen LogP) is 5.17. The number of halogens is 1. The lowest BCUT2D eigenvalue weighted by Crippen LogP contribution is -2.10. The van der Waals surface area contributed by atoms with Crippen LogP contribution in [0.5, 0.6) is 5.75 Å². The van der Waals surface area contributed by atoms with E-state index < -0.39 is 0 Å². The van der Waals surface area contributed by atoms with Gasteiger partial charge in [0.05, 0.1) is 17.1 Å². The van der Waals surface area contributed by atoms with Crippen molar-refractivity contribution in [1.29, 1.82) is 0 Å². The molecule has 0 saturated heterocycles. The summed E-state index contributed by atoms with van der Waals surface area (Å²) in [6, 6.07) is 10.3. The summed E-state index contributed by atoms with van der Waals surface area (Å²) in [5.41, 5.74) is 7.48. The lowest BCUT2D eigenvalue weighted by molar-refractivity contribution is 0.338. The molecule has 0 aliphatic carbocycles. The minimum atomic E-state index is -0.0911. The van der Waals surface area contributed by atoms with Crippen molar-refractivity contribution in [2.24, 2.45) is 5.73 Å². The standard InChI is InChI=1S/C15H14BrNOS2/c1-2-18-11-4-3-9(7-10(11)16)15(17)14-8-13-12(20-14)5-6-19-13/h3-8,15H,2,17H2,1H3. The normalized spacial score (nSPS) is 12.8. The fourth-order valence-electron chi connectivity index (χ4n) is 2.09. The molecule has 0 aliphatic rings. The maximum absolute atomic E-state index is 6.39. The number of rotatable bonds is 4. The molecule has 5 heteroatoms. The average molecular weight is 368 g/mol. The molecule has 1 unspecified atom stereocenters. The van der Waals surface area contributed by atoms with Crippen molar-refractivity contribution in [2.45, 2.75) is 13.0 Å². The SMILES string of the molecule is CCOc1ccc(C(N)c2cc3sccc3s2)cc1Br. The molecule has 2 N–H and O–H groups in total. The summed E-state index contributed by atoms with van der Waals surface area (Å²) in [5, 5.41) is 2.12. The molecule has 1 aromatic carbocycles. The Morgan fingerprint density at radius 1 is 1.25 bits per heavy atom. The van der Waals surface area contributed by atoms with E-state index >= 15 is 0 Å². The third-order valence-electron chi connectivity index (χ3n) is 3.08. The summed E-state index contributed by atoms with van der Waals surface area (Å²) in [5.74, 6) is 0.857. The molecule has 0 amide bonds. The molecule has 0 bridgehead atoms. The third kappa shape index (κ3) is 2.63. The van der Waals surface area contributed by atoms with Gasteiger partial charge in [0, 0.05) is 14.3 Å². The topological polar surface area (TPSA) is 35.2 Å². The van der Waals surface area contributed by atoms with Crippen molar-refractivity contribution in [2.75, 3.05) is 6.61 Å². The van der Waals surface area contributed by atoms with Gasteiger partial charge < -0.3 is 10.5 Å². The Morgan fingerprint density at radius 2 is 2.10 bits per heavy atom. The fourth-order valence-corrected chi connectivity index (χ4v) is 4.75. The molecule has 2 heterocycles. The number of fused-ring (bicyclic) bond motifs is 1. The second kappa shape index (κ2) is 5.85. The van der Waals surface area contributed by atoms with Gasteiger partial charge in [-0.1, -0.05) is 6.07 Å². The Hall–Kier alpha value is -0.880. The van der Waals surface area contributed by atoms with E-state index in [4.69, 9.17) is 10.5 Å². The van der Waals surface area contributed by atoms with Crippen LogP contribution in [0, 0.1) is 0 Å². The van der Waals surface area contributed by atoms with E-state index in [9.17, 15) is 0 Å². The summed E-state index contributed by atoms with van der Waals surface area (Å²) in [6.07, 6.45) is 0. The van der Waals surface area contributed by atoms with E-state index in [1.807, 2.05) is 25.1 Å². The van der Waals surface area contributed by atoms with E-state index in [1.54, 1.807) is 22.7 Å². The van der Waals surface area contributed by atoms with Crippen LogP contribution in [0.4, 0.5) is 0 Å². The highest BCUT2D eigenvalue weighted by Crippen LogP contribution is 2.36. The van der Waals surface area contributed by atoms with Crippen LogP contribution in [0.3, 0.4) is 0 Å². The third-order valence-corrected chi connectivity index (χ3v) is 5.88. The van der Waals surface area contributed by atoms with Crippen LogP contribution >= 0.6 is 38.6 Å². The summed E-state index contributed by atoms with van der Waals surface area (Å²) in [4.78, 5) is 1.20. The molecular weight excluding hydrogens is 354 g/mol. The molecule has 0 fully saturated rings. The van der Waals surface area contributed by atoms with Crippen LogP contribution in [-0.2, 0) is 0 Å². The summed E-state index contributed by atoms with van der Waals surface area (Å²) >= 11 is 7.07. The predicted molar refractivity (Wildman–Crippen MR) is 91.0 cm³/mol. The van der Waals surface area contributed by atoms with Crippen LogP contribution in [0.1, 0.15) is 23.4 Å². The van der Waals surface area contributed by atoms with Gasteiger partial charge in [-0.25, -0.2) is 0 Å². The Balaban J connectivity index is 1.91. The van der Waals surface area contributed by atoms with Crippen LogP contribution < -0.4 is 10.5 Å². The smallest absolute Gasteiger partial charge is 0.133 e. The summed E-state index contributed by atoms with van der Waals surface area (Å²) < 4.78 is 9.10. The minimum Gasteiger partial charge on any atom is -0.493 e. The maximum atomic E-state index is 6.39. The molecule has 0 aliphatic heterocycles. The van der Waals surface area contributed by atoms with E-state index in [0.717, 1.165) is 15.8 Å². The molecule has 1 atom stereocenters. The maximum Gasteiger partial charge on any atom is 0.133 e. The lowest BCUT2D eigenvalue weighted by Gasteiger charge is -2.12. The number of benzene rings is 1. The average Bonchev–Trinajstić information content (AvgIpc) is 3.01. The van der Waals surface area contributed by atoms with Gasteiger partial charge in [-0.2, -0.15) is 0 Å². The summed E-state index contributed by atoms with van der Waals surface area (Å²) in [7, 11) is 0. The van der Waals surface area contributed by atoms with Crippen LogP contribution in [0.25, 0.3) is 9.40 Å². The molecule has 104 valence electrons.